The fraction of sp³-hybridized carbons (Fsp3) is 0.467. The summed E-state index contributed by atoms with van der Waals surface area (Å²) in [5.41, 5.74) is 0.562. The molecule has 6 nitrogen and oxygen atoms in total. The monoisotopic (exact) mass is 328 g/mol. The van der Waals surface area contributed by atoms with E-state index >= 15 is 0 Å². The van der Waals surface area contributed by atoms with Crippen LogP contribution in [0, 0.1) is 0 Å². The number of nitrogens with zero attached hydrogens (tertiary/aromatic N) is 1. The Balaban J connectivity index is 2.64. The summed E-state index contributed by atoms with van der Waals surface area (Å²) in [5.74, 6) is 0.539. The SMILES string of the molecule is CCNC(=NCc1ccccc1OC(F)F)NCCNC(C)=O. The molecule has 1 rings (SSSR count). The fourth-order valence-electron chi connectivity index (χ4n) is 1.77. The Bertz CT molecular complexity index is 524. The maximum Gasteiger partial charge on any atom is 0.387 e. The van der Waals surface area contributed by atoms with Crippen LogP contribution in [0.3, 0.4) is 0 Å². The van der Waals surface area contributed by atoms with Crippen molar-refractivity contribution in [3.63, 3.8) is 0 Å². The van der Waals surface area contributed by atoms with E-state index in [4.69, 9.17) is 0 Å². The van der Waals surface area contributed by atoms with Gasteiger partial charge in [0.25, 0.3) is 0 Å². The molecule has 3 N–H and O–H groups in total. The van der Waals surface area contributed by atoms with Crippen LogP contribution in [-0.4, -0.2) is 38.1 Å². The molecule has 0 aliphatic carbocycles. The number of amides is 1. The van der Waals surface area contributed by atoms with E-state index in [9.17, 15) is 13.6 Å². The molecule has 0 unspecified atom stereocenters. The first-order valence-electron chi connectivity index (χ1n) is 7.32. The van der Waals surface area contributed by atoms with Crippen molar-refractivity contribution in [3.8, 4) is 5.75 Å². The first-order valence-corrected chi connectivity index (χ1v) is 7.32. The van der Waals surface area contributed by atoms with E-state index in [0.717, 1.165) is 0 Å². The van der Waals surface area contributed by atoms with Gasteiger partial charge in [0, 0.05) is 32.1 Å². The summed E-state index contributed by atoms with van der Waals surface area (Å²) in [6.45, 7) is 2.30. The molecule has 0 spiro atoms. The van der Waals surface area contributed by atoms with Crippen molar-refractivity contribution < 1.29 is 18.3 Å². The van der Waals surface area contributed by atoms with Crippen molar-refractivity contribution in [2.75, 3.05) is 19.6 Å². The van der Waals surface area contributed by atoms with Crippen molar-refractivity contribution in [2.45, 2.75) is 27.0 Å². The molecule has 0 saturated carbocycles. The molecule has 0 aromatic heterocycles. The topological polar surface area (TPSA) is 74.8 Å². The highest BCUT2D eigenvalue weighted by Gasteiger charge is 2.08. The number of guanidine groups is 1. The number of aliphatic imine (C=N–C) groups is 1. The average molecular weight is 328 g/mol. The number of ether oxygens (including phenoxy) is 1. The summed E-state index contributed by atoms with van der Waals surface area (Å²) < 4.78 is 29.2. The Morgan fingerprint density at radius 3 is 2.57 bits per heavy atom. The Kier molecular flexibility index (Phi) is 8.41. The largest absolute Gasteiger partial charge is 0.434 e. The van der Waals surface area contributed by atoms with E-state index in [1.54, 1.807) is 18.2 Å². The van der Waals surface area contributed by atoms with Crippen LogP contribution in [-0.2, 0) is 11.3 Å². The number of nitrogens with one attached hydrogen (secondary N) is 3. The van der Waals surface area contributed by atoms with Gasteiger partial charge in [-0.15, -0.1) is 0 Å². The van der Waals surface area contributed by atoms with Gasteiger partial charge in [-0.1, -0.05) is 18.2 Å². The number of carbonyl (C=O) groups is 1. The molecule has 0 saturated heterocycles. The molecule has 0 aliphatic heterocycles. The quantitative estimate of drug-likeness (QED) is 0.384. The van der Waals surface area contributed by atoms with Crippen molar-refractivity contribution in [1.29, 1.82) is 0 Å². The lowest BCUT2D eigenvalue weighted by Gasteiger charge is -2.12. The Morgan fingerprint density at radius 1 is 1.22 bits per heavy atom. The normalized spacial score (nSPS) is 11.3. The predicted octanol–water partition coefficient (Wildman–Crippen LogP) is 1.48. The highest BCUT2D eigenvalue weighted by Crippen LogP contribution is 2.20. The molecule has 8 heteroatoms. The second-order valence-electron chi connectivity index (χ2n) is 4.59. The highest BCUT2D eigenvalue weighted by molar-refractivity contribution is 5.79. The average Bonchev–Trinajstić information content (AvgIpc) is 2.49. The summed E-state index contributed by atoms with van der Waals surface area (Å²) >= 11 is 0. The maximum atomic E-state index is 12.4. The molecule has 1 aromatic carbocycles. The number of alkyl halides is 2. The third kappa shape index (κ3) is 7.98. The van der Waals surface area contributed by atoms with Gasteiger partial charge in [-0.2, -0.15) is 8.78 Å². The Labute approximate surface area is 134 Å². The van der Waals surface area contributed by atoms with E-state index in [1.807, 2.05) is 6.92 Å². The second-order valence-corrected chi connectivity index (χ2v) is 4.59. The third-order valence-corrected chi connectivity index (χ3v) is 2.73. The molecule has 128 valence electrons. The summed E-state index contributed by atoms with van der Waals surface area (Å²) in [6.07, 6.45) is 0. The van der Waals surface area contributed by atoms with E-state index in [2.05, 4.69) is 25.7 Å². The number of halogens is 2. The first-order chi connectivity index (χ1) is 11.0. The zero-order chi connectivity index (χ0) is 17.1. The maximum absolute atomic E-state index is 12.4. The lowest BCUT2D eigenvalue weighted by atomic mass is 10.2. The predicted molar refractivity (Wildman–Crippen MR) is 84.6 cm³/mol. The molecular formula is C15H22F2N4O2. The zero-order valence-electron chi connectivity index (χ0n) is 13.2. The Morgan fingerprint density at radius 2 is 1.91 bits per heavy atom. The smallest absolute Gasteiger partial charge is 0.387 e. The number of hydrogen-bond donors (Lipinski definition) is 3. The summed E-state index contributed by atoms with van der Waals surface area (Å²) in [6, 6.07) is 6.53. The third-order valence-electron chi connectivity index (χ3n) is 2.73. The van der Waals surface area contributed by atoms with Gasteiger partial charge in [0.2, 0.25) is 5.91 Å². The van der Waals surface area contributed by atoms with E-state index in [1.165, 1.54) is 13.0 Å². The number of carbonyl (C=O) groups excluding carboxylic acids is 1. The molecule has 0 fully saturated rings. The second kappa shape index (κ2) is 10.4. The van der Waals surface area contributed by atoms with Crippen molar-refractivity contribution in [3.05, 3.63) is 29.8 Å². The molecule has 1 aromatic rings. The van der Waals surface area contributed by atoms with Gasteiger partial charge in [0.05, 0.1) is 6.54 Å². The number of para-hydroxylation sites is 1. The van der Waals surface area contributed by atoms with Gasteiger partial charge in [-0.25, -0.2) is 4.99 Å². The van der Waals surface area contributed by atoms with Gasteiger partial charge < -0.3 is 20.7 Å². The lowest BCUT2D eigenvalue weighted by Crippen LogP contribution is -2.41. The minimum absolute atomic E-state index is 0.105. The summed E-state index contributed by atoms with van der Waals surface area (Å²) in [5, 5.41) is 8.74. The molecule has 0 bridgehead atoms. The van der Waals surface area contributed by atoms with Crippen LogP contribution in [0.2, 0.25) is 0 Å². The number of benzene rings is 1. The van der Waals surface area contributed by atoms with Crippen LogP contribution in [0.5, 0.6) is 5.75 Å². The zero-order valence-corrected chi connectivity index (χ0v) is 13.2. The van der Waals surface area contributed by atoms with Crippen LogP contribution in [0.15, 0.2) is 29.3 Å². The molecule has 0 radical (unpaired) electrons. The first kappa shape index (κ1) is 18.7. The van der Waals surface area contributed by atoms with Crippen LogP contribution < -0.4 is 20.7 Å². The minimum atomic E-state index is -2.87. The molecule has 0 atom stereocenters. The molecule has 0 aliphatic rings. The Hall–Kier alpha value is -2.38. The van der Waals surface area contributed by atoms with Crippen LogP contribution in [0.1, 0.15) is 19.4 Å². The van der Waals surface area contributed by atoms with Gasteiger partial charge in [-0.05, 0) is 13.0 Å². The van der Waals surface area contributed by atoms with Gasteiger partial charge in [0.1, 0.15) is 5.75 Å². The fourth-order valence-corrected chi connectivity index (χ4v) is 1.77. The van der Waals surface area contributed by atoms with E-state index in [0.29, 0.717) is 31.2 Å². The van der Waals surface area contributed by atoms with E-state index in [-0.39, 0.29) is 18.2 Å². The van der Waals surface area contributed by atoms with Gasteiger partial charge in [-0.3, -0.25) is 4.79 Å². The molecule has 1 amide bonds. The van der Waals surface area contributed by atoms with Crippen LogP contribution in [0.25, 0.3) is 0 Å². The molecule has 0 heterocycles. The molecule has 23 heavy (non-hydrogen) atoms. The summed E-state index contributed by atoms with van der Waals surface area (Å²) in [7, 11) is 0. The standard InChI is InChI=1S/C15H22F2N4O2/c1-3-18-15(20-9-8-19-11(2)22)21-10-12-6-4-5-7-13(12)23-14(16)17/h4-7,14H,3,8-10H2,1-2H3,(H,19,22)(H2,18,20,21). The lowest BCUT2D eigenvalue weighted by molar-refractivity contribution is -0.118. The minimum Gasteiger partial charge on any atom is -0.434 e. The highest BCUT2D eigenvalue weighted by atomic mass is 19.3. The van der Waals surface area contributed by atoms with Gasteiger partial charge in [0.15, 0.2) is 5.96 Å². The molecular weight excluding hydrogens is 306 g/mol. The number of hydrogen-bond acceptors (Lipinski definition) is 3. The van der Waals surface area contributed by atoms with Gasteiger partial charge >= 0.3 is 6.61 Å². The number of rotatable bonds is 8. The van der Waals surface area contributed by atoms with Crippen molar-refractivity contribution in [2.24, 2.45) is 4.99 Å². The summed E-state index contributed by atoms with van der Waals surface area (Å²) in [4.78, 5) is 15.1. The van der Waals surface area contributed by atoms with E-state index < -0.39 is 6.61 Å². The van der Waals surface area contributed by atoms with Crippen LogP contribution >= 0.6 is 0 Å². The van der Waals surface area contributed by atoms with Crippen LogP contribution in [0.4, 0.5) is 8.78 Å². The van der Waals surface area contributed by atoms with Crippen molar-refractivity contribution in [1.82, 2.24) is 16.0 Å². The van der Waals surface area contributed by atoms with Crippen molar-refractivity contribution >= 4 is 11.9 Å².